The lowest BCUT2D eigenvalue weighted by molar-refractivity contribution is -0.390. The van der Waals surface area contributed by atoms with Gasteiger partial charge in [-0.15, -0.1) is 0 Å². The first-order valence-corrected chi connectivity index (χ1v) is 10.9. The summed E-state index contributed by atoms with van der Waals surface area (Å²) in [6.07, 6.45) is 8.27. The van der Waals surface area contributed by atoms with Crippen molar-refractivity contribution in [3.05, 3.63) is 35.9 Å². The van der Waals surface area contributed by atoms with Crippen LogP contribution in [0, 0.1) is 23.7 Å². The molecule has 6 aliphatic rings. The van der Waals surface area contributed by atoms with E-state index in [0.717, 1.165) is 17.4 Å². The molecule has 1 N–H and O–H groups in total. The molecule has 0 aromatic heterocycles. The van der Waals surface area contributed by atoms with Crippen LogP contribution in [-0.2, 0) is 24.7 Å². The highest BCUT2D eigenvalue weighted by Gasteiger charge is 2.67. The van der Waals surface area contributed by atoms with Crippen LogP contribution in [0.3, 0.4) is 0 Å². The summed E-state index contributed by atoms with van der Waals surface area (Å²) in [7, 11) is 0. The molecule has 5 aliphatic carbocycles. The van der Waals surface area contributed by atoms with Gasteiger partial charge >= 0.3 is 5.97 Å². The van der Waals surface area contributed by atoms with Gasteiger partial charge in [0.15, 0.2) is 0 Å². The molecular formula is C23H28O5. The molecule has 5 saturated carbocycles. The van der Waals surface area contributed by atoms with Crippen LogP contribution in [0.4, 0.5) is 0 Å². The number of hydrogen-bond acceptors (Lipinski definition) is 4. The van der Waals surface area contributed by atoms with E-state index in [1.807, 2.05) is 30.3 Å². The Bertz CT molecular complexity index is 751. The topological polar surface area (TPSA) is 65.0 Å². The normalized spacial score (nSPS) is 49.1. The summed E-state index contributed by atoms with van der Waals surface area (Å²) >= 11 is 0. The molecular weight excluding hydrogens is 356 g/mol. The van der Waals surface area contributed by atoms with Crippen LogP contribution in [0.5, 0.6) is 0 Å². The van der Waals surface area contributed by atoms with Crippen molar-refractivity contribution in [3.8, 4) is 0 Å². The summed E-state index contributed by atoms with van der Waals surface area (Å²) in [4.78, 5) is 24.3. The monoisotopic (exact) mass is 384 g/mol. The molecule has 4 bridgehead atoms. The van der Waals surface area contributed by atoms with Gasteiger partial charge < -0.3 is 9.84 Å². The van der Waals surface area contributed by atoms with Crippen molar-refractivity contribution in [1.29, 1.82) is 0 Å². The van der Waals surface area contributed by atoms with Crippen LogP contribution >= 0.6 is 0 Å². The molecule has 1 saturated heterocycles. The Labute approximate surface area is 165 Å². The minimum atomic E-state index is -0.862. The molecule has 1 aromatic rings. The fraction of sp³-hybridized carbons (Fsp3) is 0.696. The lowest BCUT2D eigenvalue weighted by atomic mass is 9.53. The van der Waals surface area contributed by atoms with Gasteiger partial charge in [0.2, 0.25) is 11.6 Å². The molecule has 150 valence electrons. The Morgan fingerprint density at radius 1 is 0.857 bits per heavy atom. The summed E-state index contributed by atoms with van der Waals surface area (Å²) in [6, 6.07) is 9.62. The number of aliphatic carboxylic acids is 1. The molecule has 1 aromatic carbocycles. The third kappa shape index (κ3) is 2.27. The first-order valence-electron chi connectivity index (χ1n) is 10.9. The summed E-state index contributed by atoms with van der Waals surface area (Å²) < 4.78 is 6.73. The average molecular weight is 384 g/mol. The van der Waals surface area contributed by atoms with Gasteiger partial charge in [0.05, 0.1) is 5.41 Å². The van der Waals surface area contributed by atoms with Gasteiger partial charge in [-0.2, -0.15) is 9.78 Å². The molecule has 5 heteroatoms. The zero-order valence-corrected chi connectivity index (χ0v) is 16.1. The minimum absolute atomic E-state index is 0.434. The largest absolute Gasteiger partial charge is 0.481 e. The Morgan fingerprint density at radius 3 is 2.04 bits per heavy atom. The van der Waals surface area contributed by atoms with E-state index in [2.05, 4.69) is 0 Å². The third-order valence-electron chi connectivity index (χ3n) is 8.55. The lowest BCUT2D eigenvalue weighted by Gasteiger charge is -2.57. The van der Waals surface area contributed by atoms with E-state index in [1.165, 1.54) is 32.1 Å². The summed E-state index contributed by atoms with van der Waals surface area (Å²) in [5.74, 6) is 0.428. The fourth-order valence-electron chi connectivity index (χ4n) is 7.24. The van der Waals surface area contributed by atoms with Gasteiger partial charge in [-0.05, 0) is 62.3 Å². The predicted molar refractivity (Wildman–Crippen MR) is 100.0 cm³/mol. The fourth-order valence-corrected chi connectivity index (χ4v) is 7.24. The van der Waals surface area contributed by atoms with Crippen LogP contribution in [-0.4, -0.2) is 22.7 Å². The molecule has 6 fully saturated rings. The number of rotatable bonds is 2. The molecule has 0 atom stereocenters. The second-order valence-electron chi connectivity index (χ2n) is 9.96. The van der Waals surface area contributed by atoms with Crippen molar-refractivity contribution in [3.63, 3.8) is 0 Å². The van der Waals surface area contributed by atoms with Crippen molar-refractivity contribution in [1.82, 2.24) is 0 Å². The van der Waals surface area contributed by atoms with Crippen molar-refractivity contribution in [2.24, 2.45) is 23.7 Å². The lowest BCUT2D eigenvalue weighted by Crippen LogP contribution is -2.59. The van der Waals surface area contributed by atoms with Crippen LogP contribution in [0.1, 0.15) is 63.4 Å². The highest BCUT2D eigenvalue weighted by molar-refractivity contribution is 5.81. The van der Waals surface area contributed by atoms with E-state index >= 15 is 0 Å². The molecule has 7 rings (SSSR count). The Balaban J connectivity index is 1.25. The van der Waals surface area contributed by atoms with Crippen LogP contribution in [0.15, 0.2) is 30.3 Å². The van der Waals surface area contributed by atoms with Crippen LogP contribution in [0.25, 0.3) is 0 Å². The highest BCUT2D eigenvalue weighted by atomic mass is 17.3. The summed E-state index contributed by atoms with van der Waals surface area (Å²) in [6.45, 7) is 0. The molecule has 2 spiro atoms. The molecule has 0 unspecified atom stereocenters. The molecule has 0 amide bonds. The number of benzene rings is 1. The standard InChI is InChI=1S/C23H28O5/c24-20(25)21(17-4-2-1-3-5-17)6-8-22(9-7-21)26-23(28-27-22)18-11-15-10-16(13-18)14-19(23)12-15/h1-5,15-16,18-19H,6-14H2,(H,24,25). The summed E-state index contributed by atoms with van der Waals surface area (Å²) in [5.41, 5.74) is 0.0135. The first-order chi connectivity index (χ1) is 13.5. The Kier molecular flexibility index (Phi) is 3.61. The van der Waals surface area contributed by atoms with Crippen molar-refractivity contribution in [2.45, 2.75) is 74.8 Å². The van der Waals surface area contributed by atoms with Gasteiger partial charge in [-0.25, -0.2) is 0 Å². The van der Waals surface area contributed by atoms with E-state index in [-0.39, 0.29) is 0 Å². The van der Waals surface area contributed by atoms with E-state index in [1.54, 1.807) is 0 Å². The minimum Gasteiger partial charge on any atom is -0.481 e. The zero-order valence-electron chi connectivity index (χ0n) is 16.1. The molecule has 0 radical (unpaired) electrons. The maximum atomic E-state index is 12.3. The van der Waals surface area contributed by atoms with E-state index in [4.69, 9.17) is 14.5 Å². The Morgan fingerprint density at radius 2 is 1.46 bits per heavy atom. The molecule has 28 heavy (non-hydrogen) atoms. The number of carboxylic acid groups (broad SMARTS) is 1. The van der Waals surface area contributed by atoms with Crippen LogP contribution in [0.2, 0.25) is 0 Å². The smallest absolute Gasteiger partial charge is 0.314 e. The second kappa shape index (κ2) is 5.80. The predicted octanol–water partition coefficient (Wildman–Crippen LogP) is 4.41. The first kappa shape index (κ1) is 17.4. The van der Waals surface area contributed by atoms with Crippen molar-refractivity contribution >= 4 is 5.97 Å². The quantitative estimate of drug-likeness (QED) is 0.765. The third-order valence-corrected chi connectivity index (χ3v) is 8.55. The maximum Gasteiger partial charge on any atom is 0.314 e. The maximum absolute atomic E-state index is 12.3. The summed E-state index contributed by atoms with van der Waals surface area (Å²) in [5, 5.41) is 10.1. The average Bonchev–Trinajstić information content (AvgIpc) is 3.07. The van der Waals surface area contributed by atoms with E-state index in [0.29, 0.717) is 37.5 Å². The zero-order chi connectivity index (χ0) is 19.0. The number of hydrogen-bond donors (Lipinski definition) is 1. The van der Waals surface area contributed by atoms with Crippen LogP contribution < -0.4 is 0 Å². The van der Waals surface area contributed by atoms with Crippen molar-refractivity contribution in [2.75, 3.05) is 0 Å². The van der Waals surface area contributed by atoms with Gasteiger partial charge in [-0.1, -0.05) is 30.3 Å². The van der Waals surface area contributed by atoms with E-state index < -0.39 is 23.0 Å². The number of carbonyl (C=O) groups is 1. The van der Waals surface area contributed by atoms with Gasteiger partial charge in [0.1, 0.15) is 0 Å². The van der Waals surface area contributed by atoms with Crippen molar-refractivity contribution < 1.29 is 24.4 Å². The SMILES string of the molecule is O=C(O)C1(c2ccccc2)CCC2(CC1)OOC1(O2)C2CC3CC(C2)CC1C3. The molecule has 1 aliphatic heterocycles. The van der Waals surface area contributed by atoms with Gasteiger partial charge in [-0.3, -0.25) is 4.79 Å². The second-order valence-corrected chi connectivity index (χ2v) is 9.96. The van der Waals surface area contributed by atoms with Gasteiger partial charge in [0, 0.05) is 24.7 Å². The highest BCUT2D eigenvalue weighted by Crippen LogP contribution is 2.64. The molecule has 1 heterocycles. The van der Waals surface area contributed by atoms with Gasteiger partial charge in [0.25, 0.3) is 0 Å². The number of carboxylic acids is 1. The number of ether oxygens (including phenoxy) is 1. The van der Waals surface area contributed by atoms with E-state index in [9.17, 15) is 9.90 Å². The Hall–Kier alpha value is -1.43. The molecule has 5 nitrogen and oxygen atoms in total.